The zero-order valence-corrected chi connectivity index (χ0v) is 24.8. The summed E-state index contributed by atoms with van der Waals surface area (Å²) in [7, 11) is 1.63. The summed E-state index contributed by atoms with van der Waals surface area (Å²) in [5.41, 5.74) is -0.557. The first-order valence-corrected chi connectivity index (χ1v) is 15.4. The number of hydrogen-bond donors (Lipinski definition) is 0. The van der Waals surface area contributed by atoms with Crippen LogP contribution in [0.25, 0.3) is 0 Å². The number of hydrogen-bond acceptors (Lipinski definition) is 5. The molecule has 0 amide bonds. The van der Waals surface area contributed by atoms with Crippen molar-refractivity contribution in [2.24, 2.45) is 0 Å². The van der Waals surface area contributed by atoms with E-state index in [2.05, 4.69) is 13.8 Å². The van der Waals surface area contributed by atoms with Crippen LogP contribution in [0.2, 0.25) is 0 Å². The first-order valence-electron chi connectivity index (χ1n) is 15.4. The quantitative estimate of drug-likeness (QED) is 0.107. The van der Waals surface area contributed by atoms with Crippen LogP contribution in [0.15, 0.2) is 0 Å². The van der Waals surface area contributed by atoms with Crippen molar-refractivity contribution in [3.05, 3.63) is 0 Å². The van der Waals surface area contributed by atoms with Crippen molar-refractivity contribution in [3.8, 4) is 0 Å². The maximum absolute atomic E-state index is 13.0. The third-order valence-electron chi connectivity index (χ3n) is 7.10. The first kappa shape index (κ1) is 33.4. The normalized spacial score (nSPS) is 22.3. The van der Waals surface area contributed by atoms with Gasteiger partial charge in [-0.2, -0.15) is 0 Å². The van der Waals surface area contributed by atoms with Crippen molar-refractivity contribution in [1.29, 1.82) is 0 Å². The van der Waals surface area contributed by atoms with E-state index in [-0.39, 0.29) is 12.1 Å². The fourth-order valence-electron chi connectivity index (χ4n) is 4.98. The minimum atomic E-state index is -1.13. The van der Waals surface area contributed by atoms with Gasteiger partial charge in [-0.3, -0.25) is 0 Å². The van der Waals surface area contributed by atoms with Gasteiger partial charge in [-0.15, -0.1) is 0 Å². The SMILES string of the molecule is CCCCCCCCCCC[C@@H]1OC(CCCCCCCCCCC)(OC)O[C@H]1C(=O)OC(C)(C)C. The van der Waals surface area contributed by atoms with Gasteiger partial charge < -0.3 is 18.9 Å². The molecule has 5 heteroatoms. The van der Waals surface area contributed by atoms with Crippen LogP contribution in [0.5, 0.6) is 0 Å². The van der Waals surface area contributed by atoms with Gasteiger partial charge >= 0.3 is 5.97 Å². The summed E-state index contributed by atoms with van der Waals surface area (Å²) in [4.78, 5) is 13.0. The number of rotatable bonds is 22. The van der Waals surface area contributed by atoms with Gasteiger partial charge in [-0.05, 0) is 33.6 Å². The van der Waals surface area contributed by atoms with Gasteiger partial charge in [0.05, 0.1) is 0 Å². The summed E-state index contributed by atoms with van der Waals surface area (Å²) < 4.78 is 24.0. The number of methoxy groups -OCH3 is 1. The van der Waals surface area contributed by atoms with Crippen LogP contribution in [0.3, 0.4) is 0 Å². The Labute approximate surface area is 223 Å². The number of esters is 1. The van der Waals surface area contributed by atoms with E-state index in [0.29, 0.717) is 6.42 Å². The maximum atomic E-state index is 13.0. The Morgan fingerprint density at radius 1 is 0.694 bits per heavy atom. The predicted octanol–water partition coefficient (Wildman–Crippen LogP) is 9.25. The monoisotopic (exact) mass is 512 g/mol. The Balaban J connectivity index is 2.49. The molecule has 1 aliphatic heterocycles. The summed E-state index contributed by atoms with van der Waals surface area (Å²) in [5.74, 6) is -1.47. The lowest BCUT2D eigenvalue weighted by molar-refractivity contribution is -0.334. The van der Waals surface area contributed by atoms with Crippen molar-refractivity contribution < 1.29 is 23.7 Å². The van der Waals surface area contributed by atoms with Crippen LogP contribution in [0, 0.1) is 0 Å². The standard InChI is InChI=1S/C31H60O5/c1-7-9-11-13-15-17-19-21-23-25-27-28(29(32)36-30(3,4)5)35-31(33-6,34-27)26-24-22-20-18-16-14-12-10-8-2/h27-28H,7-26H2,1-6H3/t27-,28+,31?/m0/s1. The lowest BCUT2D eigenvalue weighted by atomic mass is 10.0. The van der Waals surface area contributed by atoms with Gasteiger partial charge in [-0.1, -0.05) is 123 Å². The average molecular weight is 513 g/mol. The van der Waals surface area contributed by atoms with Crippen LogP contribution in [-0.2, 0) is 23.7 Å². The molecule has 1 aliphatic rings. The molecule has 0 aromatic carbocycles. The lowest BCUT2D eigenvalue weighted by Crippen LogP contribution is -2.38. The fraction of sp³-hybridized carbons (Fsp3) is 0.968. The Morgan fingerprint density at radius 3 is 1.58 bits per heavy atom. The van der Waals surface area contributed by atoms with Crippen molar-refractivity contribution in [1.82, 2.24) is 0 Å². The summed E-state index contributed by atoms with van der Waals surface area (Å²) in [6.07, 6.45) is 23.1. The molecule has 1 heterocycles. The van der Waals surface area contributed by atoms with Gasteiger partial charge in [0.25, 0.3) is 5.97 Å². The first-order chi connectivity index (χ1) is 17.3. The molecule has 0 aromatic heterocycles. The largest absolute Gasteiger partial charge is 0.458 e. The molecule has 0 radical (unpaired) electrons. The number of carbonyl (C=O) groups is 1. The van der Waals surface area contributed by atoms with Crippen LogP contribution >= 0.6 is 0 Å². The molecular weight excluding hydrogens is 452 g/mol. The van der Waals surface area contributed by atoms with Gasteiger partial charge in [0, 0.05) is 13.5 Å². The van der Waals surface area contributed by atoms with Gasteiger partial charge in [-0.25, -0.2) is 4.79 Å². The molecule has 1 fully saturated rings. The molecule has 0 saturated carbocycles. The minimum absolute atomic E-state index is 0.317. The number of ether oxygens (including phenoxy) is 4. The highest BCUT2D eigenvalue weighted by Gasteiger charge is 2.51. The molecule has 1 unspecified atom stereocenters. The zero-order valence-electron chi connectivity index (χ0n) is 24.8. The van der Waals surface area contributed by atoms with Crippen molar-refractivity contribution in [2.75, 3.05) is 7.11 Å². The fourth-order valence-corrected chi connectivity index (χ4v) is 4.98. The van der Waals surface area contributed by atoms with E-state index < -0.39 is 17.7 Å². The minimum Gasteiger partial charge on any atom is -0.458 e. The van der Waals surface area contributed by atoms with Crippen LogP contribution < -0.4 is 0 Å². The molecule has 0 aliphatic carbocycles. The lowest BCUT2D eigenvalue weighted by Gasteiger charge is -2.26. The Hall–Kier alpha value is -0.650. The summed E-state index contributed by atoms with van der Waals surface area (Å²) in [5, 5.41) is 0. The summed E-state index contributed by atoms with van der Waals surface area (Å²) in [6, 6.07) is 0. The maximum Gasteiger partial charge on any atom is 0.338 e. The summed E-state index contributed by atoms with van der Waals surface area (Å²) >= 11 is 0. The molecule has 0 spiro atoms. The van der Waals surface area contributed by atoms with Crippen LogP contribution in [-0.4, -0.2) is 36.9 Å². The molecule has 3 atom stereocenters. The van der Waals surface area contributed by atoms with E-state index in [1.165, 1.54) is 89.9 Å². The van der Waals surface area contributed by atoms with E-state index >= 15 is 0 Å². The topological polar surface area (TPSA) is 54.0 Å². The van der Waals surface area contributed by atoms with E-state index in [9.17, 15) is 4.79 Å². The molecule has 1 saturated heterocycles. The molecule has 5 nitrogen and oxygen atoms in total. The third kappa shape index (κ3) is 14.9. The second-order valence-corrected chi connectivity index (χ2v) is 11.8. The molecule has 1 rings (SSSR count). The van der Waals surface area contributed by atoms with Gasteiger partial charge in [0.2, 0.25) is 0 Å². The van der Waals surface area contributed by atoms with Gasteiger partial charge in [0.15, 0.2) is 6.10 Å². The molecule has 36 heavy (non-hydrogen) atoms. The predicted molar refractivity (Wildman–Crippen MR) is 149 cm³/mol. The molecule has 214 valence electrons. The number of unbranched alkanes of at least 4 members (excludes halogenated alkanes) is 16. The molecule has 0 N–H and O–H groups in total. The third-order valence-corrected chi connectivity index (χ3v) is 7.10. The van der Waals surface area contributed by atoms with Crippen molar-refractivity contribution in [3.63, 3.8) is 0 Å². The smallest absolute Gasteiger partial charge is 0.338 e. The Morgan fingerprint density at radius 2 is 1.14 bits per heavy atom. The van der Waals surface area contributed by atoms with Crippen LogP contribution in [0.1, 0.15) is 163 Å². The second-order valence-electron chi connectivity index (χ2n) is 11.8. The zero-order chi connectivity index (χ0) is 26.7. The average Bonchev–Trinajstić information content (AvgIpc) is 3.20. The highest BCUT2D eigenvalue weighted by atomic mass is 16.9. The van der Waals surface area contributed by atoms with Crippen LogP contribution in [0.4, 0.5) is 0 Å². The van der Waals surface area contributed by atoms with E-state index in [1.807, 2.05) is 20.8 Å². The van der Waals surface area contributed by atoms with E-state index in [1.54, 1.807) is 7.11 Å². The molecule has 0 aromatic rings. The van der Waals surface area contributed by atoms with E-state index in [4.69, 9.17) is 18.9 Å². The second kappa shape index (κ2) is 19.4. The highest BCUT2D eigenvalue weighted by Crippen LogP contribution is 2.37. The van der Waals surface area contributed by atoms with E-state index in [0.717, 1.165) is 32.1 Å². The molecular formula is C31H60O5. The van der Waals surface area contributed by atoms with Crippen molar-refractivity contribution in [2.45, 2.75) is 187 Å². The van der Waals surface area contributed by atoms with Gasteiger partial charge in [0.1, 0.15) is 11.7 Å². The highest BCUT2D eigenvalue weighted by molar-refractivity contribution is 5.76. The van der Waals surface area contributed by atoms with Crippen molar-refractivity contribution >= 4 is 5.97 Å². The number of carbonyl (C=O) groups excluding carboxylic acids is 1. The Bertz CT molecular complexity index is 544. The summed E-state index contributed by atoms with van der Waals surface area (Å²) in [6.45, 7) is 10.2. The molecule has 0 bridgehead atoms. The Kier molecular flexibility index (Phi) is 18.0.